The zero-order chi connectivity index (χ0) is 20.1. The second kappa shape index (κ2) is 6.88. The summed E-state index contributed by atoms with van der Waals surface area (Å²) < 4.78 is 1.89. The van der Waals surface area contributed by atoms with Gasteiger partial charge in [-0.25, -0.2) is 9.50 Å². The summed E-state index contributed by atoms with van der Waals surface area (Å²) >= 11 is 1.62. The lowest BCUT2D eigenvalue weighted by molar-refractivity contribution is 0.0826. The van der Waals surface area contributed by atoms with E-state index < -0.39 is 0 Å². The zero-order valence-corrected chi connectivity index (χ0v) is 17.9. The average molecular weight is 402 g/mol. The maximum atomic E-state index is 12.4. The Balaban J connectivity index is 1.56. The highest BCUT2D eigenvalue weighted by atomic mass is 32.1. The molecule has 0 radical (unpaired) electrons. The fourth-order valence-corrected chi connectivity index (χ4v) is 4.50. The number of carbonyl (C=O) groups is 1. The summed E-state index contributed by atoms with van der Waals surface area (Å²) in [6, 6.07) is 0. The summed E-state index contributed by atoms with van der Waals surface area (Å²) in [4.78, 5) is 22.0. The lowest BCUT2D eigenvalue weighted by atomic mass is 9.92. The molecule has 0 spiro atoms. The number of aromatic nitrogens is 5. The number of aromatic amines is 1. The fourth-order valence-electron chi connectivity index (χ4n) is 3.58. The molecule has 1 aliphatic rings. The second-order valence-electron chi connectivity index (χ2n) is 8.67. The van der Waals surface area contributed by atoms with Crippen LogP contribution in [0.5, 0.6) is 0 Å². The van der Waals surface area contributed by atoms with E-state index in [1.807, 2.05) is 10.7 Å². The molecule has 4 rings (SSSR count). The summed E-state index contributed by atoms with van der Waals surface area (Å²) in [6.45, 7) is 8.26. The molecule has 0 bridgehead atoms. The molecule has 0 saturated carbocycles. The standard InChI is InChI=1S/C19H27N7OS/c1-19(2,3)14-11-26-17(21-14)28-18(23-26)25-8-6-7-12(10-25)15-13(9-20-22-15)16(27)24(4)5/h9,11-12H,6-8,10H2,1-5H3,(H,20,22)/t12-/m1/s1. The number of hydrogen-bond donors (Lipinski definition) is 1. The maximum absolute atomic E-state index is 12.4. The van der Waals surface area contributed by atoms with Crippen molar-refractivity contribution in [1.82, 2.24) is 29.7 Å². The minimum absolute atomic E-state index is 0.0108. The highest BCUT2D eigenvalue weighted by Gasteiger charge is 2.29. The number of nitrogens with one attached hydrogen (secondary N) is 1. The van der Waals surface area contributed by atoms with E-state index in [-0.39, 0.29) is 17.2 Å². The molecule has 4 heterocycles. The van der Waals surface area contributed by atoms with Gasteiger partial charge >= 0.3 is 0 Å². The molecule has 3 aromatic rings. The number of imidazole rings is 1. The van der Waals surface area contributed by atoms with Crippen molar-refractivity contribution in [3.8, 4) is 0 Å². The first-order valence-corrected chi connectivity index (χ1v) is 10.4. The molecule has 8 nitrogen and oxygen atoms in total. The van der Waals surface area contributed by atoms with Gasteiger partial charge in [-0.15, -0.1) is 5.10 Å². The van der Waals surface area contributed by atoms with Crippen LogP contribution in [0.15, 0.2) is 12.4 Å². The number of nitrogens with zero attached hydrogens (tertiary/aromatic N) is 6. The average Bonchev–Trinajstić information content (AvgIpc) is 3.34. The number of amides is 1. The van der Waals surface area contributed by atoms with Gasteiger partial charge in [0.1, 0.15) is 0 Å². The van der Waals surface area contributed by atoms with Crippen LogP contribution >= 0.6 is 11.3 Å². The minimum Gasteiger partial charge on any atom is -0.346 e. The normalized spacial score (nSPS) is 18.0. The molecule has 0 aromatic carbocycles. The molecule has 1 saturated heterocycles. The Morgan fingerprint density at radius 2 is 2.14 bits per heavy atom. The molecule has 1 atom stereocenters. The van der Waals surface area contributed by atoms with Crippen LogP contribution in [0.1, 0.15) is 61.3 Å². The van der Waals surface area contributed by atoms with E-state index in [1.54, 1.807) is 36.5 Å². The van der Waals surface area contributed by atoms with Crippen LogP contribution in [-0.4, -0.2) is 62.8 Å². The number of hydrogen-bond acceptors (Lipinski definition) is 6. The molecule has 9 heteroatoms. The van der Waals surface area contributed by atoms with Crippen LogP contribution in [0.4, 0.5) is 5.13 Å². The van der Waals surface area contributed by atoms with Crippen molar-refractivity contribution in [1.29, 1.82) is 0 Å². The van der Waals surface area contributed by atoms with Gasteiger partial charge in [-0.3, -0.25) is 9.89 Å². The largest absolute Gasteiger partial charge is 0.346 e. The SMILES string of the molecule is CN(C)C(=O)c1cn[nH]c1[C@@H]1CCCN(c2nn3cc(C(C)(C)C)nc3s2)C1. The number of piperidine rings is 1. The third-order valence-corrected chi connectivity index (χ3v) is 6.19. The molecular formula is C19H27N7OS. The van der Waals surface area contributed by atoms with Crippen molar-refractivity contribution in [3.63, 3.8) is 0 Å². The molecule has 28 heavy (non-hydrogen) atoms. The lowest BCUT2D eigenvalue weighted by Crippen LogP contribution is -2.35. The quantitative estimate of drug-likeness (QED) is 0.730. The first-order chi connectivity index (χ1) is 13.2. The highest BCUT2D eigenvalue weighted by molar-refractivity contribution is 7.20. The Morgan fingerprint density at radius 3 is 2.82 bits per heavy atom. The number of carbonyl (C=O) groups excluding carboxylic acids is 1. The van der Waals surface area contributed by atoms with Crippen LogP contribution in [-0.2, 0) is 5.41 Å². The van der Waals surface area contributed by atoms with Crippen molar-refractivity contribution < 1.29 is 4.79 Å². The highest BCUT2D eigenvalue weighted by Crippen LogP contribution is 2.33. The first kappa shape index (κ1) is 18.9. The van der Waals surface area contributed by atoms with Crippen LogP contribution in [0.3, 0.4) is 0 Å². The zero-order valence-electron chi connectivity index (χ0n) is 17.1. The van der Waals surface area contributed by atoms with E-state index in [1.165, 1.54) is 0 Å². The molecule has 0 unspecified atom stereocenters. The van der Waals surface area contributed by atoms with E-state index >= 15 is 0 Å². The van der Waals surface area contributed by atoms with Crippen molar-refractivity contribution in [2.75, 3.05) is 32.1 Å². The maximum Gasteiger partial charge on any atom is 0.256 e. The summed E-state index contributed by atoms with van der Waals surface area (Å²) in [6.07, 6.45) is 5.75. The number of fused-ring (bicyclic) bond motifs is 1. The molecule has 1 amide bonds. The number of rotatable bonds is 3. The predicted molar refractivity (Wildman–Crippen MR) is 110 cm³/mol. The Hall–Kier alpha value is -2.42. The Kier molecular flexibility index (Phi) is 4.65. The monoisotopic (exact) mass is 401 g/mol. The predicted octanol–water partition coefficient (Wildman–Crippen LogP) is 2.90. The van der Waals surface area contributed by atoms with Crippen molar-refractivity contribution in [2.45, 2.75) is 44.9 Å². The topological polar surface area (TPSA) is 82.4 Å². The van der Waals surface area contributed by atoms with Gasteiger partial charge in [-0.2, -0.15) is 5.10 Å². The van der Waals surface area contributed by atoms with Gasteiger partial charge in [0, 0.05) is 38.5 Å². The van der Waals surface area contributed by atoms with E-state index in [0.29, 0.717) is 5.56 Å². The lowest BCUT2D eigenvalue weighted by Gasteiger charge is -2.32. The van der Waals surface area contributed by atoms with Gasteiger partial charge in [0.05, 0.1) is 29.3 Å². The summed E-state index contributed by atoms with van der Waals surface area (Å²) in [5, 5.41) is 13.0. The summed E-state index contributed by atoms with van der Waals surface area (Å²) in [7, 11) is 3.53. The van der Waals surface area contributed by atoms with E-state index in [9.17, 15) is 4.79 Å². The fraction of sp³-hybridized carbons (Fsp3) is 0.579. The van der Waals surface area contributed by atoms with Gasteiger partial charge in [-0.05, 0) is 12.8 Å². The third-order valence-electron chi connectivity index (χ3n) is 5.21. The van der Waals surface area contributed by atoms with Crippen LogP contribution in [0.2, 0.25) is 0 Å². The molecule has 3 aromatic heterocycles. The Bertz CT molecular complexity index is 962. The van der Waals surface area contributed by atoms with Crippen LogP contribution < -0.4 is 4.90 Å². The molecule has 150 valence electrons. The van der Waals surface area contributed by atoms with Gasteiger partial charge in [0.25, 0.3) is 5.91 Å². The van der Waals surface area contributed by atoms with E-state index in [4.69, 9.17) is 10.1 Å². The van der Waals surface area contributed by atoms with Crippen LogP contribution in [0.25, 0.3) is 4.96 Å². The van der Waals surface area contributed by atoms with Gasteiger partial charge in [0.2, 0.25) is 10.1 Å². The summed E-state index contributed by atoms with van der Waals surface area (Å²) in [5.41, 5.74) is 2.67. The smallest absolute Gasteiger partial charge is 0.256 e. The minimum atomic E-state index is -0.0108. The van der Waals surface area contributed by atoms with Crippen molar-refractivity contribution in [3.05, 3.63) is 29.3 Å². The van der Waals surface area contributed by atoms with Gasteiger partial charge in [0.15, 0.2) is 0 Å². The number of H-pyrrole nitrogens is 1. The first-order valence-electron chi connectivity index (χ1n) is 9.60. The molecule has 1 fully saturated rings. The van der Waals surface area contributed by atoms with E-state index in [0.717, 1.165) is 47.4 Å². The molecule has 1 N–H and O–H groups in total. The Morgan fingerprint density at radius 1 is 1.36 bits per heavy atom. The Labute approximate surface area is 168 Å². The third kappa shape index (κ3) is 3.39. The summed E-state index contributed by atoms with van der Waals surface area (Å²) in [5.74, 6) is 0.222. The van der Waals surface area contributed by atoms with Gasteiger partial charge < -0.3 is 9.80 Å². The van der Waals surface area contributed by atoms with Crippen molar-refractivity contribution in [2.24, 2.45) is 0 Å². The van der Waals surface area contributed by atoms with Crippen LogP contribution in [0, 0.1) is 0 Å². The second-order valence-corrected chi connectivity index (χ2v) is 9.60. The molecule has 1 aliphatic heterocycles. The van der Waals surface area contributed by atoms with Crippen molar-refractivity contribution >= 4 is 27.3 Å². The molecule has 0 aliphatic carbocycles. The number of anilines is 1. The van der Waals surface area contributed by atoms with E-state index in [2.05, 4.69) is 35.9 Å². The van der Waals surface area contributed by atoms with Gasteiger partial charge in [-0.1, -0.05) is 32.1 Å². The molecular weight excluding hydrogens is 374 g/mol.